The van der Waals surface area contributed by atoms with E-state index in [-0.39, 0.29) is 0 Å². The largest absolute Gasteiger partial charge is 0.330 e. The van der Waals surface area contributed by atoms with E-state index in [0.29, 0.717) is 12.1 Å². The van der Waals surface area contributed by atoms with Gasteiger partial charge in [-0.05, 0) is 53.6 Å². The number of hydrogen-bond acceptors (Lipinski definition) is 2. The third kappa shape index (κ3) is 8.12. The fourth-order valence-corrected chi connectivity index (χ4v) is 2.26. The molecule has 0 saturated carbocycles. The maximum Gasteiger partial charge on any atom is 0.00412 e. The van der Waals surface area contributed by atoms with Crippen molar-refractivity contribution < 1.29 is 0 Å². The van der Waals surface area contributed by atoms with Crippen molar-refractivity contribution in [3.05, 3.63) is 0 Å². The van der Waals surface area contributed by atoms with Gasteiger partial charge in [0.2, 0.25) is 0 Å². The van der Waals surface area contributed by atoms with Crippen LogP contribution in [0.15, 0.2) is 0 Å². The van der Waals surface area contributed by atoms with E-state index < -0.39 is 0 Å². The lowest BCUT2D eigenvalue weighted by atomic mass is 10.1. The normalized spacial score (nSPS) is 12.0. The molecule has 0 heterocycles. The molecule has 0 spiro atoms. The SMILES string of the molecule is CC(C)N(CCCCCCCCN)C(C)C. The van der Waals surface area contributed by atoms with E-state index in [2.05, 4.69) is 32.6 Å². The Balaban J connectivity index is 3.41. The molecule has 0 bridgehead atoms. The summed E-state index contributed by atoms with van der Waals surface area (Å²) in [6.07, 6.45) is 7.97. The summed E-state index contributed by atoms with van der Waals surface area (Å²) in [6.45, 7) is 11.3. The molecule has 0 amide bonds. The zero-order chi connectivity index (χ0) is 12.4. The lowest BCUT2D eigenvalue weighted by molar-refractivity contribution is 0.171. The van der Waals surface area contributed by atoms with Gasteiger partial charge in [-0.15, -0.1) is 0 Å². The molecule has 0 aromatic rings. The molecule has 16 heavy (non-hydrogen) atoms. The molecule has 0 unspecified atom stereocenters. The Morgan fingerprint density at radius 1 is 0.750 bits per heavy atom. The van der Waals surface area contributed by atoms with Gasteiger partial charge < -0.3 is 5.73 Å². The molecule has 2 N–H and O–H groups in total. The number of unbranched alkanes of at least 4 members (excludes halogenated alkanes) is 5. The van der Waals surface area contributed by atoms with Crippen LogP contribution in [-0.4, -0.2) is 30.1 Å². The molecule has 0 aromatic carbocycles. The first kappa shape index (κ1) is 15.9. The van der Waals surface area contributed by atoms with Gasteiger partial charge in [-0.25, -0.2) is 0 Å². The molecule has 0 rings (SSSR count). The van der Waals surface area contributed by atoms with Gasteiger partial charge in [-0.2, -0.15) is 0 Å². The molecule has 0 atom stereocenters. The average molecular weight is 228 g/mol. The first-order valence-electron chi connectivity index (χ1n) is 7.05. The number of rotatable bonds is 10. The van der Waals surface area contributed by atoms with Gasteiger partial charge in [0.1, 0.15) is 0 Å². The minimum atomic E-state index is 0.678. The molecule has 0 aliphatic rings. The van der Waals surface area contributed by atoms with Crippen LogP contribution in [0.4, 0.5) is 0 Å². The van der Waals surface area contributed by atoms with Gasteiger partial charge in [0, 0.05) is 12.1 Å². The van der Waals surface area contributed by atoms with E-state index in [1.807, 2.05) is 0 Å². The van der Waals surface area contributed by atoms with Gasteiger partial charge in [0.05, 0.1) is 0 Å². The number of hydrogen-bond donors (Lipinski definition) is 1. The summed E-state index contributed by atoms with van der Waals surface area (Å²) >= 11 is 0. The molecule has 0 saturated heterocycles. The summed E-state index contributed by atoms with van der Waals surface area (Å²) in [4.78, 5) is 2.58. The van der Waals surface area contributed by atoms with E-state index >= 15 is 0 Å². The van der Waals surface area contributed by atoms with Gasteiger partial charge in [0.25, 0.3) is 0 Å². The second-order valence-electron chi connectivity index (χ2n) is 5.34. The molecule has 0 aliphatic carbocycles. The molecular weight excluding hydrogens is 196 g/mol. The second kappa shape index (κ2) is 10.1. The Morgan fingerprint density at radius 2 is 1.19 bits per heavy atom. The van der Waals surface area contributed by atoms with Crippen molar-refractivity contribution in [2.24, 2.45) is 5.73 Å². The van der Waals surface area contributed by atoms with E-state index in [0.717, 1.165) is 6.54 Å². The van der Waals surface area contributed by atoms with Crippen molar-refractivity contribution in [3.63, 3.8) is 0 Å². The van der Waals surface area contributed by atoms with Crippen LogP contribution >= 0.6 is 0 Å². The van der Waals surface area contributed by atoms with Crippen molar-refractivity contribution >= 4 is 0 Å². The summed E-state index contributed by atoms with van der Waals surface area (Å²) < 4.78 is 0. The third-order valence-corrected chi connectivity index (χ3v) is 3.20. The summed E-state index contributed by atoms with van der Waals surface area (Å²) in [6, 6.07) is 1.36. The molecule has 98 valence electrons. The predicted octanol–water partition coefficient (Wildman–Crippen LogP) is 3.40. The van der Waals surface area contributed by atoms with E-state index in [4.69, 9.17) is 5.73 Å². The third-order valence-electron chi connectivity index (χ3n) is 3.20. The minimum Gasteiger partial charge on any atom is -0.330 e. The topological polar surface area (TPSA) is 29.3 Å². The standard InChI is InChI=1S/C14H32N2/c1-13(2)16(14(3)4)12-10-8-6-5-7-9-11-15/h13-14H,5-12,15H2,1-4H3. The van der Waals surface area contributed by atoms with Crippen LogP contribution in [0.5, 0.6) is 0 Å². The van der Waals surface area contributed by atoms with E-state index in [1.165, 1.54) is 45.1 Å². The number of nitrogens with two attached hydrogens (primary N) is 1. The lowest BCUT2D eigenvalue weighted by Gasteiger charge is -2.30. The Labute approximate surface area is 103 Å². The van der Waals surface area contributed by atoms with Crippen LogP contribution in [0.1, 0.15) is 66.2 Å². The highest BCUT2D eigenvalue weighted by atomic mass is 15.2. The van der Waals surface area contributed by atoms with Crippen LogP contribution in [0, 0.1) is 0 Å². The molecule has 0 aromatic heterocycles. The van der Waals surface area contributed by atoms with Crippen molar-refractivity contribution in [2.75, 3.05) is 13.1 Å². The van der Waals surface area contributed by atoms with Crippen LogP contribution in [-0.2, 0) is 0 Å². The highest BCUT2D eigenvalue weighted by molar-refractivity contribution is 4.66. The van der Waals surface area contributed by atoms with Crippen LogP contribution in [0.25, 0.3) is 0 Å². The smallest absolute Gasteiger partial charge is 0.00412 e. The fraction of sp³-hybridized carbons (Fsp3) is 1.00. The Morgan fingerprint density at radius 3 is 1.62 bits per heavy atom. The van der Waals surface area contributed by atoms with Crippen molar-refractivity contribution in [3.8, 4) is 0 Å². The highest BCUT2D eigenvalue weighted by Crippen LogP contribution is 2.10. The van der Waals surface area contributed by atoms with Crippen LogP contribution < -0.4 is 5.73 Å². The van der Waals surface area contributed by atoms with Gasteiger partial charge in [-0.3, -0.25) is 4.90 Å². The zero-order valence-electron chi connectivity index (χ0n) is 11.8. The zero-order valence-corrected chi connectivity index (χ0v) is 11.8. The van der Waals surface area contributed by atoms with Gasteiger partial charge in [0.15, 0.2) is 0 Å². The van der Waals surface area contributed by atoms with Crippen molar-refractivity contribution in [1.29, 1.82) is 0 Å². The first-order chi connectivity index (χ1) is 7.59. The monoisotopic (exact) mass is 228 g/mol. The van der Waals surface area contributed by atoms with Gasteiger partial charge in [-0.1, -0.05) is 25.7 Å². The Bertz CT molecular complexity index is 136. The van der Waals surface area contributed by atoms with Crippen LogP contribution in [0.2, 0.25) is 0 Å². The van der Waals surface area contributed by atoms with Crippen molar-refractivity contribution in [1.82, 2.24) is 4.90 Å². The summed E-state index contributed by atoms with van der Waals surface area (Å²) in [5.41, 5.74) is 5.47. The van der Waals surface area contributed by atoms with Crippen LogP contribution in [0.3, 0.4) is 0 Å². The molecule has 2 nitrogen and oxygen atoms in total. The summed E-state index contributed by atoms with van der Waals surface area (Å²) in [5.74, 6) is 0. The summed E-state index contributed by atoms with van der Waals surface area (Å²) in [5, 5.41) is 0. The summed E-state index contributed by atoms with van der Waals surface area (Å²) in [7, 11) is 0. The average Bonchev–Trinajstić information content (AvgIpc) is 2.21. The molecular formula is C14H32N2. The second-order valence-corrected chi connectivity index (χ2v) is 5.34. The number of nitrogens with zero attached hydrogens (tertiary/aromatic N) is 1. The molecule has 0 aliphatic heterocycles. The van der Waals surface area contributed by atoms with Gasteiger partial charge >= 0.3 is 0 Å². The minimum absolute atomic E-state index is 0.678. The molecule has 0 radical (unpaired) electrons. The first-order valence-corrected chi connectivity index (χ1v) is 7.05. The Kier molecular flexibility index (Phi) is 10.0. The van der Waals surface area contributed by atoms with E-state index in [1.54, 1.807) is 0 Å². The van der Waals surface area contributed by atoms with Crippen molar-refractivity contribution in [2.45, 2.75) is 78.3 Å². The fourth-order valence-electron chi connectivity index (χ4n) is 2.26. The quantitative estimate of drug-likeness (QED) is 0.581. The predicted molar refractivity (Wildman–Crippen MR) is 73.7 cm³/mol. The lowest BCUT2D eigenvalue weighted by Crippen LogP contribution is -2.37. The maximum absolute atomic E-state index is 5.47. The maximum atomic E-state index is 5.47. The highest BCUT2D eigenvalue weighted by Gasteiger charge is 2.11. The Hall–Kier alpha value is -0.0800. The molecule has 0 fully saturated rings. The molecule has 2 heteroatoms. The van der Waals surface area contributed by atoms with E-state index in [9.17, 15) is 0 Å².